The molecule has 31 heavy (non-hydrogen) atoms. The van der Waals surface area contributed by atoms with Gasteiger partial charge in [0.15, 0.2) is 0 Å². The molecule has 3 atom stereocenters. The number of nitrogens with one attached hydrogen (secondary N) is 1. The van der Waals surface area contributed by atoms with Crippen LogP contribution in [-0.4, -0.2) is 37.0 Å². The van der Waals surface area contributed by atoms with E-state index < -0.39 is 23.2 Å². The number of benzene rings is 2. The van der Waals surface area contributed by atoms with Crippen molar-refractivity contribution in [2.45, 2.75) is 56.4 Å². The number of rotatable bonds is 4. The SMILES string of the molecule is COc1cc(C(F)(F)F)cc(C)c1C(=O)N[C@@]1(c2ccccc2)CC[C@@H]2CCC1N2C. The third kappa shape index (κ3) is 3.69. The number of methoxy groups -OCH3 is 1. The maximum absolute atomic E-state index is 13.5. The lowest BCUT2D eigenvalue weighted by atomic mass is 9.76. The van der Waals surface area contributed by atoms with Crippen molar-refractivity contribution in [3.8, 4) is 5.75 Å². The topological polar surface area (TPSA) is 41.6 Å². The van der Waals surface area contributed by atoms with Gasteiger partial charge < -0.3 is 10.1 Å². The fourth-order valence-electron chi connectivity index (χ4n) is 5.44. The van der Waals surface area contributed by atoms with Crippen molar-refractivity contribution in [3.63, 3.8) is 0 Å². The Balaban J connectivity index is 1.76. The molecular formula is C24H27F3N2O2. The predicted molar refractivity (Wildman–Crippen MR) is 112 cm³/mol. The number of nitrogens with zero attached hydrogens (tertiary/aromatic N) is 1. The summed E-state index contributed by atoms with van der Waals surface area (Å²) in [4.78, 5) is 15.9. The number of amides is 1. The summed E-state index contributed by atoms with van der Waals surface area (Å²) in [5, 5.41) is 3.25. The highest BCUT2D eigenvalue weighted by Crippen LogP contribution is 2.46. The maximum atomic E-state index is 13.5. The third-order valence-electron chi connectivity index (χ3n) is 6.98. The first-order valence-corrected chi connectivity index (χ1v) is 10.5. The fourth-order valence-corrected chi connectivity index (χ4v) is 5.44. The highest BCUT2D eigenvalue weighted by atomic mass is 19.4. The minimum Gasteiger partial charge on any atom is -0.496 e. The van der Waals surface area contributed by atoms with Gasteiger partial charge in [-0.25, -0.2) is 0 Å². The number of ether oxygens (including phenoxy) is 1. The lowest BCUT2D eigenvalue weighted by Crippen LogP contribution is -2.61. The summed E-state index contributed by atoms with van der Waals surface area (Å²) in [7, 11) is 3.38. The highest BCUT2D eigenvalue weighted by molar-refractivity contribution is 5.99. The summed E-state index contributed by atoms with van der Waals surface area (Å²) in [6, 6.07) is 12.4. The second-order valence-corrected chi connectivity index (χ2v) is 8.61. The number of aryl methyl sites for hydroxylation is 1. The first-order chi connectivity index (χ1) is 14.7. The number of hydrogen-bond acceptors (Lipinski definition) is 3. The molecule has 2 aliphatic heterocycles. The van der Waals surface area contributed by atoms with Gasteiger partial charge in [-0.2, -0.15) is 13.2 Å². The van der Waals surface area contributed by atoms with Crippen molar-refractivity contribution in [2.24, 2.45) is 0 Å². The van der Waals surface area contributed by atoms with E-state index in [4.69, 9.17) is 4.74 Å². The normalized spacial score (nSPS) is 26.0. The van der Waals surface area contributed by atoms with Gasteiger partial charge in [0, 0.05) is 12.1 Å². The van der Waals surface area contributed by atoms with Gasteiger partial charge >= 0.3 is 6.18 Å². The van der Waals surface area contributed by atoms with Crippen LogP contribution in [0.25, 0.3) is 0 Å². The molecule has 1 amide bonds. The average molecular weight is 432 g/mol. The molecule has 2 aliphatic rings. The van der Waals surface area contributed by atoms with Crippen LogP contribution in [-0.2, 0) is 11.7 Å². The molecule has 0 spiro atoms. The summed E-state index contributed by atoms with van der Waals surface area (Å²) in [6.07, 6.45) is -0.743. The number of piperidine rings is 1. The van der Waals surface area contributed by atoms with E-state index in [1.165, 1.54) is 14.0 Å². The Kier molecular flexibility index (Phi) is 5.50. The number of hydrogen-bond donors (Lipinski definition) is 1. The van der Waals surface area contributed by atoms with Crippen LogP contribution in [0.1, 0.15) is 52.7 Å². The van der Waals surface area contributed by atoms with Crippen molar-refractivity contribution in [1.29, 1.82) is 0 Å². The van der Waals surface area contributed by atoms with Crippen molar-refractivity contribution in [1.82, 2.24) is 10.2 Å². The monoisotopic (exact) mass is 432 g/mol. The Morgan fingerprint density at radius 1 is 1.16 bits per heavy atom. The zero-order valence-corrected chi connectivity index (χ0v) is 17.9. The van der Waals surface area contributed by atoms with Crippen LogP contribution >= 0.6 is 0 Å². The van der Waals surface area contributed by atoms with Gasteiger partial charge in [0.05, 0.1) is 23.8 Å². The van der Waals surface area contributed by atoms with E-state index in [0.717, 1.165) is 43.4 Å². The van der Waals surface area contributed by atoms with Crippen molar-refractivity contribution in [3.05, 3.63) is 64.7 Å². The Hall–Kier alpha value is -2.54. The van der Waals surface area contributed by atoms with Gasteiger partial charge in [-0.1, -0.05) is 30.3 Å². The molecule has 4 rings (SSSR count). The number of halogens is 3. The molecule has 1 N–H and O–H groups in total. The number of carbonyl (C=O) groups is 1. The van der Waals surface area contributed by atoms with E-state index in [1.807, 2.05) is 30.3 Å². The lowest BCUT2D eigenvalue weighted by Gasteiger charge is -2.48. The first-order valence-electron chi connectivity index (χ1n) is 10.5. The van der Waals surface area contributed by atoms with Gasteiger partial charge in [-0.05, 0) is 62.9 Å². The number of carbonyl (C=O) groups excluding carboxylic acids is 1. The van der Waals surface area contributed by atoms with Gasteiger partial charge in [0.25, 0.3) is 5.91 Å². The van der Waals surface area contributed by atoms with Gasteiger partial charge in [-0.3, -0.25) is 9.69 Å². The van der Waals surface area contributed by atoms with Crippen molar-refractivity contribution in [2.75, 3.05) is 14.2 Å². The number of alkyl halides is 3. The first kappa shape index (κ1) is 21.7. The lowest BCUT2D eigenvalue weighted by molar-refractivity contribution is -0.137. The highest BCUT2D eigenvalue weighted by Gasteiger charge is 2.52. The van der Waals surface area contributed by atoms with Crippen LogP contribution in [0.5, 0.6) is 5.75 Å². The summed E-state index contributed by atoms with van der Waals surface area (Å²) in [5.74, 6) is -0.479. The van der Waals surface area contributed by atoms with E-state index in [9.17, 15) is 18.0 Å². The standard InChI is InChI=1S/C24H27F3N2O2/c1-15-13-17(24(25,26)27)14-19(31-3)21(15)22(30)28-23(16-7-5-4-6-8-16)12-11-18-9-10-20(23)29(18)2/h4-8,13-14,18,20H,9-12H2,1-3H3,(H,28,30)/t18-,20?,23+/m0/s1. The Bertz CT molecular complexity index is 977. The van der Waals surface area contributed by atoms with Crippen molar-refractivity contribution >= 4 is 5.91 Å². The smallest absolute Gasteiger partial charge is 0.416 e. The average Bonchev–Trinajstić information content (AvgIpc) is 2.99. The molecule has 2 aromatic carbocycles. The Morgan fingerprint density at radius 3 is 2.52 bits per heavy atom. The van der Waals surface area contributed by atoms with E-state index >= 15 is 0 Å². The summed E-state index contributed by atoms with van der Waals surface area (Å²) >= 11 is 0. The molecule has 2 saturated heterocycles. The van der Waals surface area contributed by atoms with E-state index in [0.29, 0.717) is 6.04 Å². The minimum atomic E-state index is -4.51. The molecule has 4 nitrogen and oxygen atoms in total. The molecular weight excluding hydrogens is 405 g/mol. The minimum absolute atomic E-state index is 0.0681. The third-order valence-corrected chi connectivity index (χ3v) is 6.98. The molecule has 0 saturated carbocycles. The van der Waals surface area contributed by atoms with Crippen LogP contribution in [0.2, 0.25) is 0 Å². The van der Waals surface area contributed by atoms with E-state index in [2.05, 4.69) is 17.3 Å². The van der Waals surface area contributed by atoms with Crippen LogP contribution in [0.15, 0.2) is 42.5 Å². The zero-order valence-electron chi connectivity index (χ0n) is 17.9. The molecule has 7 heteroatoms. The van der Waals surface area contributed by atoms with Gasteiger partial charge in [0.1, 0.15) is 5.75 Å². The van der Waals surface area contributed by atoms with E-state index in [1.54, 1.807) is 0 Å². The Morgan fingerprint density at radius 2 is 1.87 bits per heavy atom. The van der Waals surface area contributed by atoms with Crippen LogP contribution in [0.3, 0.4) is 0 Å². The Labute approximate surface area is 180 Å². The molecule has 2 heterocycles. The van der Waals surface area contributed by atoms with E-state index in [-0.39, 0.29) is 22.9 Å². The second-order valence-electron chi connectivity index (χ2n) is 8.61. The molecule has 166 valence electrons. The molecule has 0 aliphatic carbocycles. The van der Waals surface area contributed by atoms with Gasteiger partial charge in [-0.15, -0.1) is 0 Å². The van der Waals surface area contributed by atoms with Crippen LogP contribution in [0, 0.1) is 6.92 Å². The second kappa shape index (κ2) is 7.86. The number of likely N-dealkylation sites (N-methyl/N-ethyl adjacent to an activating group) is 1. The summed E-state index contributed by atoms with van der Waals surface area (Å²) in [6.45, 7) is 1.51. The molecule has 2 aromatic rings. The predicted octanol–water partition coefficient (Wildman–Crippen LogP) is 4.90. The largest absolute Gasteiger partial charge is 0.496 e. The van der Waals surface area contributed by atoms with Gasteiger partial charge in [0.2, 0.25) is 0 Å². The van der Waals surface area contributed by atoms with Crippen LogP contribution < -0.4 is 10.1 Å². The fraction of sp³-hybridized carbons (Fsp3) is 0.458. The quantitative estimate of drug-likeness (QED) is 0.747. The summed E-state index contributed by atoms with van der Waals surface area (Å²) < 4.78 is 45.0. The molecule has 0 radical (unpaired) electrons. The molecule has 0 aromatic heterocycles. The van der Waals surface area contributed by atoms with Crippen molar-refractivity contribution < 1.29 is 22.7 Å². The molecule has 1 unspecified atom stereocenters. The zero-order chi connectivity index (χ0) is 22.4. The summed E-state index contributed by atoms with van der Waals surface area (Å²) in [5.41, 5.74) is -0.0361. The number of fused-ring (bicyclic) bond motifs is 2. The van der Waals surface area contributed by atoms with Crippen LogP contribution in [0.4, 0.5) is 13.2 Å². The molecule has 2 bridgehead atoms. The molecule has 2 fully saturated rings. The maximum Gasteiger partial charge on any atom is 0.416 e.